The first-order valence-electron chi connectivity index (χ1n) is 22.3. The lowest BCUT2D eigenvalue weighted by Crippen LogP contribution is -2.61. The summed E-state index contributed by atoms with van der Waals surface area (Å²) < 4.78 is 43.1. The fourth-order valence-electron chi connectivity index (χ4n) is 9.49. The zero-order valence-electron chi connectivity index (χ0n) is 39.3. The number of carbonyl (C=O) groups is 3. The number of benzene rings is 1. The van der Waals surface area contributed by atoms with Crippen molar-refractivity contribution in [1.82, 2.24) is 10.2 Å². The van der Waals surface area contributed by atoms with Crippen molar-refractivity contribution in [2.75, 3.05) is 34.4 Å². The van der Waals surface area contributed by atoms with Crippen LogP contribution in [0.25, 0.3) is 0 Å². The summed E-state index contributed by atoms with van der Waals surface area (Å²) in [5.74, 6) is -6.07. The van der Waals surface area contributed by atoms with Crippen LogP contribution in [0.4, 0.5) is 0 Å². The largest absolute Gasteiger partial charge is 0.459 e. The number of aliphatic hydroxyl groups excluding tert-OH is 3. The van der Waals surface area contributed by atoms with Crippen LogP contribution in [0.15, 0.2) is 30.3 Å². The molecule has 17 heteroatoms. The van der Waals surface area contributed by atoms with Crippen molar-refractivity contribution in [3.63, 3.8) is 0 Å². The van der Waals surface area contributed by atoms with E-state index in [0.29, 0.717) is 6.42 Å². The highest BCUT2D eigenvalue weighted by Gasteiger charge is 2.53. The van der Waals surface area contributed by atoms with Gasteiger partial charge in [0, 0.05) is 50.3 Å². The molecule has 4 rings (SSSR count). The Kier molecular flexibility index (Phi) is 18.7. The quantitative estimate of drug-likeness (QED) is 0.156. The molecule has 17 nitrogen and oxygen atoms in total. The summed E-state index contributed by atoms with van der Waals surface area (Å²) in [5.41, 5.74) is -4.31. The van der Waals surface area contributed by atoms with Gasteiger partial charge >= 0.3 is 5.97 Å². The van der Waals surface area contributed by atoms with E-state index in [-0.39, 0.29) is 51.2 Å². The van der Waals surface area contributed by atoms with Crippen molar-refractivity contribution in [2.24, 2.45) is 23.7 Å². The maximum Gasteiger partial charge on any atom is 0.311 e. The molecule has 63 heavy (non-hydrogen) atoms. The van der Waals surface area contributed by atoms with Crippen LogP contribution in [-0.2, 0) is 54.1 Å². The second-order valence-corrected chi connectivity index (χ2v) is 19.2. The van der Waals surface area contributed by atoms with Crippen molar-refractivity contribution in [2.45, 2.75) is 179 Å². The smallest absolute Gasteiger partial charge is 0.311 e. The van der Waals surface area contributed by atoms with Crippen LogP contribution in [0.2, 0.25) is 0 Å². The van der Waals surface area contributed by atoms with Crippen LogP contribution in [0, 0.1) is 23.7 Å². The van der Waals surface area contributed by atoms with E-state index in [1.54, 1.807) is 34.6 Å². The number of ether oxygens (including phenoxy) is 7. The van der Waals surface area contributed by atoms with E-state index < -0.39 is 113 Å². The molecule has 3 aliphatic heterocycles. The van der Waals surface area contributed by atoms with Crippen LogP contribution in [0.5, 0.6) is 0 Å². The minimum Gasteiger partial charge on any atom is -0.459 e. The standard InChI is InChI=1S/C46H76N2O15/c1-25-21-44(7,55)41(63-43-37(51)32(48(10)11)20-26(2)59-43)28(4)38(62-35-22-45(8,57-12)40(53)30(6)60-35)29(5)42(54)61-33(46(9,56)39(52)27(3)36(25)50)18-19-47-34(49)24-58-23-31-16-14-13-15-17-31/h13-17,25-30,32-33,35,37-41,43,51-53,55-56H,18-24H2,1-12H3,(H,47,49)/t25-,26-,27+,28+,29-,30+,32+,33-,35+,37-,38+,39-,40+,41-,43+,44-,45-,46-/m1/s1. The Labute approximate surface area is 373 Å². The number of nitrogens with one attached hydrogen (secondary N) is 1. The molecule has 0 spiro atoms. The SMILES string of the molecule is CO[C@]1(C)C[C@H](O[C@H]2[C@H](C)[C@@H](O[C@@H]3O[C@H](C)C[C@H](N(C)C)[C@H]3O)[C@](C)(O)C[C@@H](C)C(=O)[C@H](C)[C@@H](O)[C@](C)(O)[C@@H](CCNC(=O)COCc3ccccc3)OC(=O)[C@@H]2C)O[C@@H](C)[C@@H]1O. The van der Waals surface area contributed by atoms with Crippen molar-refractivity contribution in [3.05, 3.63) is 35.9 Å². The van der Waals surface area contributed by atoms with Crippen LogP contribution in [-0.4, -0.2) is 167 Å². The summed E-state index contributed by atoms with van der Waals surface area (Å²) in [4.78, 5) is 43.4. The third kappa shape index (κ3) is 13.0. The van der Waals surface area contributed by atoms with E-state index in [0.717, 1.165) is 5.56 Å². The first-order chi connectivity index (χ1) is 29.3. The molecule has 3 heterocycles. The van der Waals surface area contributed by atoms with E-state index in [2.05, 4.69) is 5.32 Å². The summed E-state index contributed by atoms with van der Waals surface area (Å²) >= 11 is 0. The Balaban J connectivity index is 1.73. The number of carbonyl (C=O) groups excluding carboxylic acids is 3. The van der Waals surface area contributed by atoms with Gasteiger partial charge in [0.25, 0.3) is 0 Å². The molecule has 0 aromatic heterocycles. The van der Waals surface area contributed by atoms with Gasteiger partial charge in [-0.05, 0) is 74.0 Å². The number of methoxy groups -OCH3 is 1. The van der Waals surface area contributed by atoms with Crippen LogP contribution < -0.4 is 5.32 Å². The first kappa shape index (κ1) is 53.0. The third-order valence-corrected chi connectivity index (χ3v) is 13.5. The number of amides is 1. The maximum atomic E-state index is 14.6. The number of nitrogens with zero attached hydrogens (tertiary/aromatic N) is 1. The second-order valence-electron chi connectivity index (χ2n) is 19.2. The van der Waals surface area contributed by atoms with Gasteiger partial charge in [0.15, 0.2) is 12.6 Å². The highest BCUT2D eigenvalue weighted by atomic mass is 16.7. The van der Waals surface area contributed by atoms with Crippen LogP contribution >= 0.6 is 0 Å². The fraction of sp³-hybridized carbons (Fsp3) is 0.804. The Bertz CT molecular complexity index is 1630. The molecule has 0 bridgehead atoms. The van der Waals surface area contributed by atoms with Gasteiger partial charge in [0.1, 0.15) is 36.3 Å². The van der Waals surface area contributed by atoms with Gasteiger partial charge in [-0.2, -0.15) is 0 Å². The molecule has 0 saturated carbocycles. The number of aliphatic hydroxyl groups is 5. The Morgan fingerprint density at radius 1 is 0.905 bits per heavy atom. The molecular weight excluding hydrogens is 821 g/mol. The monoisotopic (exact) mass is 897 g/mol. The zero-order valence-corrected chi connectivity index (χ0v) is 39.3. The van der Waals surface area contributed by atoms with E-state index in [4.69, 9.17) is 33.2 Å². The van der Waals surface area contributed by atoms with Gasteiger partial charge in [0.05, 0.1) is 54.2 Å². The number of hydrogen-bond donors (Lipinski definition) is 6. The van der Waals surface area contributed by atoms with E-state index >= 15 is 0 Å². The van der Waals surface area contributed by atoms with Crippen LogP contribution in [0.1, 0.15) is 93.6 Å². The first-order valence-corrected chi connectivity index (χ1v) is 22.3. The van der Waals surface area contributed by atoms with E-state index in [1.165, 1.54) is 27.9 Å². The fourth-order valence-corrected chi connectivity index (χ4v) is 9.49. The number of hydrogen-bond acceptors (Lipinski definition) is 16. The van der Waals surface area contributed by atoms with E-state index in [1.807, 2.05) is 56.3 Å². The maximum absolute atomic E-state index is 14.6. The number of likely N-dealkylation sites (N-methyl/N-ethyl adjacent to an activating group) is 1. The van der Waals surface area contributed by atoms with E-state index in [9.17, 15) is 39.9 Å². The number of cyclic esters (lactones) is 1. The summed E-state index contributed by atoms with van der Waals surface area (Å²) in [6.07, 6.45) is -11.1. The summed E-state index contributed by atoms with van der Waals surface area (Å²) in [6.45, 7) is 14.2. The van der Waals surface area contributed by atoms with Gasteiger partial charge < -0.3 is 68.9 Å². The molecule has 3 fully saturated rings. The Morgan fingerprint density at radius 2 is 1.56 bits per heavy atom. The predicted molar refractivity (Wildman–Crippen MR) is 230 cm³/mol. The molecular formula is C46H76N2O15. The molecule has 3 aliphatic rings. The molecule has 6 N–H and O–H groups in total. The third-order valence-electron chi connectivity index (χ3n) is 13.5. The molecule has 360 valence electrons. The topological polar surface area (TPSA) is 232 Å². The van der Waals surface area contributed by atoms with Crippen molar-refractivity contribution >= 4 is 17.7 Å². The molecule has 18 atom stereocenters. The second kappa shape index (κ2) is 22.2. The predicted octanol–water partition coefficient (Wildman–Crippen LogP) is 2.10. The van der Waals surface area contributed by atoms with Crippen molar-refractivity contribution < 1.29 is 73.1 Å². The minimum atomic E-state index is -2.22. The average Bonchev–Trinajstić information content (AvgIpc) is 3.22. The Morgan fingerprint density at radius 3 is 2.17 bits per heavy atom. The molecule has 1 aromatic carbocycles. The minimum absolute atomic E-state index is 0.0378. The highest BCUT2D eigenvalue weighted by molar-refractivity contribution is 5.83. The number of esters is 1. The molecule has 0 unspecified atom stereocenters. The zero-order chi connectivity index (χ0) is 47.2. The van der Waals surface area contributed by atoms with Gasteiger partial charge in [-0.1, -0.05) is 51.1 Å². The van der Waals surface area contributed by atoms with Gasteiger partial charge in [-0.15, -0.1) is 0 Å². The lowest BCUT2D eigenvalue weighted by molar-refractivity contribution is -0.318. The van der Waals surface area contributed by atoms with Crippen LogP contribution in [0.3, 0.4) is 0 Å². The molecule has 1 aromatic rings. The van der Waals surface area contributed by atoms with Crippen molar-refractivity contribution in [1.29, 1.82) is 0 Å². The highest BCUT2D eigenvalue weighted by Crippen LogP contribution is 2.41. The summed E-state index contributed by atoms with van der Waals surface area (Å²) in [7, 11) is 5.13. The number of Topliss-reactive ketones (excluding diaryl/α,β-unsaturated/α-hetero) is 1. The normalized spacial score (nSPS) is 42.3. The van der Waals surface area contributed by atoms with Crippen molar-refractivity contribution in [3.8, 4) is 0 Å². The lowest BCUT2D eigenvalue weighted by atomic mass is 9.74. The molecule has 0 radical (unpaired) electrons. The number of ketones is 1. The van der Waals surface area contributed by atoms with Gasteiger partial charge in [0.2, 0.25) is 5.91 Å². The van der Waals surface area contributed by atoms with Gasteiger partial charge in [-0.25, -0.2) is 0 Å². The van der Waals surface area contributed by atoms with Gasteiger partial charge in [-0.3, -0.25) is 14.4 Å². The summed E-state index contributed by atoms with van der Waals surface area (Å²) in [5, 5.41) is 61.7. The molecule has 0 aliphatic carbocycles. The molecule has 1 amide bonds. The number of rotatable bonds is 13. The molecule has 3 saturated heterocycles. The summed E-state index contributed by atoms with van der Waals surface area (Å²) in [6, 6.07) is 8.96. The Hall–Kier alpha value is -2.65. The average molecular weight is 897 g/mol. The lowest BCUT2D eigenvalue weighted by Gasteiger charge is -2.49.